The van der Waals surface area contributed by atoms with Crippen molar-refractivity contribution in [2.24, 2.45) is 7.05 Å². The van der Waals surface area contributed by atoms with Crippen LogP contribution in [0.15, 0.2) is 6.33 Å². The molecule has 0 amide bonds. The summed E-state index contributed by atoms with van der Waals surface area (Å²) in [6.45, 7) is 3.85. The summed E-state index contributed by atoms with van der Waals surface area (Å²) in [5.41, 5.74) is 0. The Morgan fingerprint density at radius 3 is 2.87 bits per heavy atom. The Morgan fingerprint density at radius 1 is 1.53 bits per heavy atom. The maximum Gasteiger partial charge on any atom is 0.149 e. The van der Waals surface area contributed by atoms with Gasteiger partial charge in [0, 0.05) is 26.3 Å². The van der Waals surface area contributed by atoms with Gasteiger partial charge in [0.15, 0.2) is 0 Å². The SMILES string of the molecule is CC(NC1CCOCC1)c1nncn1C. The highest BCUT2D eigenvalue weighted by molar-refractivity contribution is 4.93. The normalized spacial score (nSPS) is 20.4. The third kappa shape index (κ3) is 2.54. The predicted octanol–water partition coefficient (Wildman–Crippen LogP) is 0.645. The summed E-state index contributed by atoms with van der Waals surface area (Å²) in [6, 6.07) is 0.797. The van der Waals surface area contributed by atoms with Crippen molar-refractivity contribution in [2.45, 2.75) is 31.8 Å². The Labute approximate surface area is 89.8 Å². The average molecular weight is 210 g/mol. The molecule has 1 saturated heterocycles. The van der Waals surface area contributed by atoms with E-state index in [1.807, 2.05) is 11.6 Å². The molecule has 1 aliphatic heterocycles. The van der Waals surface area contributed by atoms with E-state index in [1.54, 1.807) is 6.33 Å². The summed E-state index contributed by atoms with van der Waals surface area (Å²) >= 11 is 0. The fourth-order valence-corrected chi connectivity index (χ4v) is 1.98. The third-order valence-corrected chi connectivity index (χ3v) is 2.84. The molecular weight excluding hydrogens is 192 g/mol. The molecule has 0 spiro atoms. The van der Waals surface area contributed by atoms with Crippen LogP contribution in [-0.4, -0.2) is 34.0 Å². The standard InChI is InChI=1S/C10H18N4O/c1-8(10-13-11-7-14(10)2)12-9-3-5-15-6-4-9/h7-9,12H,3-6H2,1-2H3. The van der Waals surface area contributed by atoms with Crippen molar-refractivity contribution in [3.63, 3.8) is 0 Å². The lowest BCUT2D eigenvalue weighted by atomic mass is 10.1. The number of rotatable bonds is 3. The number of ether oxygens (including phenoxy) is 1. The van der Waals surface area contributed by atoms with Crippen molar-refractivity contribution in [2.75, 3.05) is 13.2 Å². The number of nitrogens with one attached hydrogen (secondary N) is 1. The molecule has 15 heavy (non-hydrogen) atoms. The van der Waals surface area contributed by atoms with Crippen molar-refractivity contribution in [3.05, 3.63) is 12.2 Å². The van der Waals surface area contributed by atoms with Gasteiger partial charge in [0.1, 0.15) is 12.2 Å². The largest absolute Gasteiger partial charge is 0.381 e. The quantitative estimate of drug-likeness (QED) is 0.795. The van der Waals surface area contributed by atoms with E-state index >= 15 is 0 Å². The molecule has 0 aliphatic carbocycles. The van der Waals surface area contributed by atoms with Gasteiger partial charge in [-0.05, 0) is 19.8 Å². The van der Waals surface area contributed by atoms with Crippen molar-refractivity contribution >= 4 is 0 Å². The molecule has 1 atom stereocenters. The first-order valence-electron chi connectivity index (χ1n) is 5.45. The van der Waals surface area contributed by atoms with Gasteiger partial charge in [-0.2, -0.15) is 0 Å². The second-order valence-electron chi connectivity index (χ2n) is 4.08. The van der Waals surface area contributed by atoms with Crippen LogP contribution >= 0.6 is 0 Å². The van der Waals surface area contributed by atoms with Crippen LogP contribution in [0, 0.1) is 0 Å². The second-order valence-corrected chi connectivity index (χ2v) is 4.08. The van der Waals surface area contributed by atoms with E-state index in [0.717, 1.165) is 31.9 Å². The van der Waals surface area contributed by atoms with Crippen LogP contribution in [-0.2, 0) is 11.8 Å². The molecule has 2 heterocycles. The van der Waals surface area contributed by atoms with Gasteiger partial charge in [0.2, 0.25) is 0 Å². The van der Waals surface area contributed by atoms with Gasteiger partial charge in [-0.15, -0.1) is 10.2 Å². The number of aromatic nitrogens is 3. The van der Waals surface area contributed by atoms with Gasteiger partial charge in [-0.3, -0.25) is 0 Å². The fourth-order valence-electron chi connectivity index (χ4n) is 1.98. The molecule has 5 nitrogen and oxygen atoms in total. The molecule has 1 fully saturated rings. The zero-order chi connectivity index (χ0) is 10.7. The van der Waals surface area contributed by atoms with E-state index < -0.39 is 0 Å². The minimum atomic E-state index is 0.251. The van der Waals surface area contributed by atoms with Crippen LogP contribution in [0.3, 0.4) is 0 Å². The Hall–Kier alpha value is -0.940. The van der Waals surface area contributed by atoms with Gasteiger partial charge in [-0.25, -0.2) is 0 Å². The fraction of sp³-hybridized carbons (Fsp3) is 0.800. The van der Waals surface area contributed by atoms with Gasteiger partial charge >= 0.3 is 0 Å². The summed E-state index contributed by atoms with van der Waals surface area (Å²) < 4.78 is 7.28. The summed E-state index contributed by atoms with van der Waals surface area (Å²) in [4.78, 5) is 0. The Balaban J connectivity index is 1.91. The maximum atomic E-state index is 5.32. The summed E-state index contributed by atoms with van der Waals surface area (Å²) in [6.07, 6.45) is 3.90. The highest BCUT2D eigenvalue weighted by Gasteiger charge is 2.18. The third-order valence-electron chi connectivity index (χ3n) is 2.84. The Kier molecular flexibility index (Phi) is 3.33. The number of nitrogens with zero attached hydrogens (tertiary/aromatic N) is 3. The van der Waals surface area contributed by atoms with Crippen molar-refractivity contribution in [1.29, 1.82) is 0 Å². The van der Waals surface area contributed by atoms with Crippen LogP contribution in [0.5, 0.6) is 0 Å². The van der Waals surface area contributed by atoms with Gasteiger partial charge < -0.3 is 14.6 Å². The van der Waals surface area contributed by atoms with Crippen molar-refractivity contribution in [3.8, 4) is 0 Å². The van der Waals surface area contributed by atoms with E-state index in [0.29, 0.717) is 6.04 Å². The highest BCUT2D eigenvalue weighted by atomic mass is 16.5. The van der Waals surface area contributed by atoms with E-state index in [9.17, 15) is 0 Å². The average Bonchev–Trinajstić information content (AvgIpc) is 2.66. The van der Waals surface area contributed by atoms with Crippen LogP contribution in [0.4, 0.5) is 0 Å². The molecule has 0 bridgehead atoms. The van der Waals surface area contributed by atoms with Crippen molar-refractivity contribution in [1.82, 2.24) is 20.1 Å². The topological polar surface area (TPSA) is 52.0 Å². The molecular formula is C10H18N4O. The zero-order valence-corrected chi connectivity index (χ0v) is 9.31. The smallest absolute Gasteiger partial charge is 0.149 e. The second kappa shape index (κ2) is 4.72. The number of aryl methyl sites for hydroxylation is 1. The number of hydrogen-bond acceptors (Lipinski definition) is 4. The molecule has 1 aliphatic rings. The van der Waals surface area contributed by atoms with E-state index in [-0.39, 0.29) is 6.04 Å². The molecule has 2 rings (SSSR count). The van der Waals surface area contributed by atoms with Gasteiger partial charge in [-0.1, -0.05) is 0 Å². The van der Waals surface area contributed by atoms with Crippen LogP contribution < -0.4 is 5.32 Å². The molecule has 0 aromatic carbocycles. The zero-order valence-electron chi connectivity index (χ0n) is 9.31. The first kappa shape index (κ1) is 10.6. The lowest BCUT2D eigenvalue weighted by molar-refractivity contribution is 0.0750. The summed E-state index contributed by atoms with van der Waals surface area (Å²) in [5, 5.41) is 11.5. The van der Waals surface area contributed by atoms with E-state index in [2.05, 4.69) is 22.4 Å². The molecule has 1 aromatic heterocycles. The molecule has 1 N–H and O–H groups in total. The predicted molar refractivity (Wildman–Crippen MR) is 56.4 cm³/mol. The molecule has 0 radical (unpaired) electrons. The molecule has 0 saturated carbocycles. The lowest BCUT2D eigenvalue weighted by Crippen LogP contribution is -2.37. The molecule has 84 valence electrons. The maximum absolute atomic E-state index is 5.32. The van der Waals surface area contributed by atoms with Crippen LogP contribution in [0.2, 0.25) is 0 Å². The Bertz CT molecular complexity index is 306. The first-order valence-corrected chi connectivity index (χ1v) is 5.45. The monoisotopic (exact) mass is 210 g/mol. The molecule has 5 heteroatoms. The lowest BCUT2D eigenvalue weighted by Gasteiger charge is -2.26. The van der Waals surface area contributed by atoms with Crippen LogP contribution in [0.1, 0.15) is 31.6 Å². The minimum Gasteiger partial charge on any atom is -0.381 e. The van der Waals surface area contributed by atoms with E-state index in [4.69, 9.17) is 4.74 Å². The minimum absolute atomic E-state index is 0.251. The molecule has 1 unspecified atom stereocenters. The van der Waals surface area contributed by atoms with E-state index in [1.165, 1.54) is 0 Å². The summed E-state index contributed by atoms with van der Waals surface area (Å²) in [7, 11) is 1.97. The summed E-state index contributed by atoms with van der Waals surface area (Å²) in [5.74, 6) is 0.987. The number of hydrogen-bond donors (Lipinski definition) is 1. The van der Waals surface area contributed by atoms with Gasteiger partial charge in [0.25, 0.3) is 0 Å². The van der Waals surface area contributed by atoms with Crippen LogP contribution in [0.25, 0.3) is 0 Å². The van der Waals surface area contributed by atoms with Crippen molar-refractivity contribution < 1.29 is 4.74 Å². The van der Waals surface area contributed by atoms with Gasteiger partial charge in [0.05, 0.1) is 6.04 Å². The Morgan fingerprint density at radius 2 is 2.27 bits per heavy atom. The first-order chi connectivity index (χ1) is 7.27. The molecule has 1 aromatic rings. The highest BCUT2D eigenvalue weighted by Crippen LogP contribution is 2.13.